The maximum absolute atomic E-state index is 11.0. The van der Waals surface area contributed by atoms with Crippen molar-refractivity contribution < 1.29 is 14.8 Å². The maximum atomic E-state index is 11.0. The third-order valence-corrected chi connectivity index (χ3v) is 5.60. The molecule has 0 amide bonds. The molecule has 1 aliphatic rings. The molecule has 1 aromatic rings. The van der Waals surface area contributed by atoms with Gasteiger partial charge in [-0.1, -0.05) is 0 Å². The van der Waals surface area contributed by atoms with Crippen LogP contribution in [0.3, 0.4) is 0 Å². The molecule has 1 aliphatic heterocycles. The SMILES string of the molecule is C[C@H](O)c1cc([N+](=O)[O-])c(SC2CCOCC2)s1. The van der Waals surface area contributed by atoms with E-state index in [1.165, 1.54) is 17.4 Å². The second-order valence-electron chi connectivity index (χ2n) is 4.18. The van der Waals surface area contributed by atoms with Crippen molar-refractivity contribution in [1.29, 1.82) is 0 Å². The van der Waals surface area contributed by atoms with Gasteiger partial charge < -0.3 is 9.84 Å². The van der Waals surface area contributed by atoms with Gasteiger partial charge >= 0.3 is 0 Å². The van der Waals surface area contributed by atoms with Crippen LogP contribution in [-0.4, -0.2) is 28.5 Å². The summed E-state index contributed by atoms with van der Waals surface area (Å²) >= 11 is 2.86. The molecule has 0 aliphatic carbocycles. The monoisotopic (exact) mass is 289 g/mol. The molecule has 5 nitrogen and oxygen atoms in total. The molecule has 2 rings (SSSR count). The van der Waals surface area contributed by atoms with Gasteiger partial charge in [0.25, 0.3) is 5.69 Å². The topological polar surface area (TPSA) is 72.6 Å². The molecule has 18 heavy (non-hydrogen) atoms. The van der Waals surface area contributed by atoms with E-state index >= 15 is 0 Å². The normalized spacial score (nSPS) is 18.8. The zero-order chi connectivity index (χ0) is 13.1. The average Bonchev–Trinajstić information content (AvgIpc) is 2.74. The van der Waals surface area contributed by atoms with E-state index < -0.39 is 6.10 Å². The minimum Gasteiger partial charge on any atom is -0.388 e. The van der Waals surface area contributed by atoms with E-state index in [1.807, 2.05) is 0 Å². The van der Waals surface area contributed by atoms with Crippen molar-refractivity contribution in [2.75, 3.05) is 13.2 Å². The lowest BCUT2D eigenvalue weighted by molar-refractivity contribution is -0.387. The lowest BCUT2D eigenvalue weighted by Crippen LogP contribution is -2.17. The van der Waals surface area contributed by atoms with Gasteiger partial charge in [-0.3, -0.25) is 10.1 Å². The average molecular weight is 289 g/mol. The molecule has 1 saturated heterocycles. The Morgan fingerprint density at radius 2 is 2.28 bits per heavy atom. The van der Waals surface area contributed by atoms with Crippen molar-refractivity contribution in [2.24, 2.45) is 0 Å². The second-order valence-corrected chi connectivity index (χ2v) is 6.84. The van der Waals surface area contributed by atoms with Crippen molar-refractivity contribution in [1.82, 2.24) is 0 Å². The van der Waals surface area contributed by atoms with E-state index in [0.717, 1.165) is 26.1 Å². The molecule has 7 heteroatoms. The van der Waals surface area contributed by atoms with Crippen LogP contribution in [0.4, 0.5) is 5.69 Å². The first-order chi connectivity index (χ1) is 8.58. The molecule has 1 aromatic heterocycles. The highest BCUT2D eigenvalue weighted by molar-refractivity contribution is 8.01. The number of hydrogen-bond acceptors (Lipinski definition) is 6. The maximum Gasteiger partial charge on any atom is 0.294 e. The van der Waals surface area contributed by atoms with Crippen molar-refractivity contribution in [2.45, 2.75) is 35.3 Å². The number of aliphatic hydroxyl groups excluding tert-OH is 1. The number of hydrogen-bond donors (Lipinski definition) is 1. The largest absolute Gasteiger partial charge is 0.388 e. The number of nitro groups is 1. The van der Waals surface area contributed by atoms with Gasteiger partial charge in [-0.05, 0) is 19.8 Å². The number of aliphatic hydroxyl groups is 1. The zero-order valence-corrected chi connectivity index (χ0v) is 11.6. The summed E-state index contributed by atoms with van der Waals surface area (Å²) in [5.41, 5.74) is 0.118. The summed E-state index contributed by atoms with van der Waals surface area (Å²) in [5, 5.41) is 20.9. The Labute approximate surface area is 113 Å². The van der Waals surface area contributed by atoms with Crippen LogP contribution in [-0.2, 0) is 4.74 Å². The van der Waals surface area contributed by atoms with Crippen molar-refractivity contribution in [3.63, 3.8) is 0 Å². The van der Waals surface area contributed by atoms with E-state index in [0.29, 0.717) is 14.3 Å². The van der Waals surface area contributed by atoms with Crippen LogP contribution in [0, 0.1) is 10.1 Å². The third-order valence-electron chi connectivity index (χ3n) is 2.75. The quantitative estimate of drug-likeness (QED) is 0.681. The van der Waals surface area contributed by atoms with E-state index in [-0.39, 0.29) is 10.6 Å². The smallest absolute Gasteiger partial charge is 0.294 e. The lowest BCUT2D eigenvalue weighted by Gasteiger charge is -2.20. The molecule has 0 radical (unpaired) electrons. The van der Waals surface area contributed by atoms with Gasteiger partial charge in [0.15, 0.2) is 0 Å². The Hall–Kier alpha value is -0.630. The van der Waals surface area contributed by atoms with Crippen molar-refractivity contribution in [3.8, 4) is 0 Å². The Balaban J connectivity index is 2.16. The summed E-state index contributed by atoms with van der Waals surface area (Å²) < 4.78 is 5.97. The fourth-order valence-corrected chi connectivity index (χ4v) is 4.41. The molecule has 0 saturated carbocycles. The van der Waals surface area contributed by atoms with Crippen LogP contribution in [0.1, 0.15) is 30.7 Å². The van der Waals surface area contributed by atoms with Gasteiger partial charge in [-0.2, -0.15) is 0 Å². The van der Waals surface area contributed by atoms with Gasteiger partial charge in [-0.25, -0.2) is 0 Å². The highest BCUT2D eigenvalue weighted by Gasteiger charge is 2.25. The second kappa shape index (κ2) is 6.01. The van der Waals surface area contributed by atoms with E-state index in [2.05, 4.69) is 0 Å². The summed E-state index contributed by atoms with van der Waals surface area (Å²) in [6.45, 7) is 3.07. The summed E-state index contributed by atoms with van der Waals surface area (Å²) in [5.74, 6) is 0. The van der Waals surface area contributed by atoms with Gasteiger partial charge in [0, 0.05) is 29.4 Å². The first-order valence-electron chi connectivity index (χ1n) is 5.78. The van der Waals surface area contributed by atoms with Gasteiger partial charge in [0.1, 0.15) is 4.21 Å². The molecule has 1 N–H and O–H groups in total. The molecule has 1 atom stereocenters. The highest BCUT2D eigenvalue weighted by Crippen LogP contribution is 2.43. The van der Waals surface area contributed by atoms with Crippen LogP contribution in [0.15, 0.2) is 10.3 Å². The summed E-state index contributed by atoms with van der Waals surface area (Å²) in [6.07, 6.45) is 1.19. The Morgan fingerprint density at radius 1 is 1.61 bits per heavy atom. The van der Waals surface area contributed by atoms with Gasteiger partial charge in [0.2, 0.25) is 0 Å². The van der Waals surface area contributed by atoms with E-state index in [1.54, 1.807) is 18.7 Å². The molecular formula is C11H15NO4S2. The first kappa shape index (κ1) is 13.8. The Bertz CT molecular complexity index is 427. The zero-order valence-electron chi connectivity index (χ0n) is 10.00. The number of rotatable bonds is 4. The van der Waals surface area contributed by atoms with Crippen LogP contribution < -0.4 is 0 Å². The molecule has 2 heterocycles. The number of thioether (sulfide) groups is 1. The number of nitrogens with zero attached hydrogens (tertiary/aromatic N) is 1. The summed E-state index contributed by atoms with van der Waals surface area (Å²) in [6, 6.07) is 1.48. The van der Waals surface area contributed by atoms with Gasteiger partial charge in [0.05, 0.1) is 11.0 Å². The third kappa shape index (κ3) is 3.23. The minimum absolute atomic E-state index is 0.118. The lowest BCUT2D eigenvalue weighted by atomic mass is 10.2. The Kier molecular flexibility index (Phi) is 4.60. The standard InChI is InChI=1S/C11H15NO4S2/c1-7(13)10-6-9(12(14)15)11(18-10)17-8-2-4-16-5-3-8/h6-8,13H,2-5H2,1H3/t7-/m0/s1. The fraction of sp³-hybridized carbons (Fsp3) is 0.636. The molecule has 1 fully saturated rings. The number of thiophene rings is 1. The predicted molar refractivity (Wildman–Crippen MR) is 71.3 cm³/mol. The first-order valence-corrected chi connectivity index (χ1v) is 7.48. The highest BCUT2D eigenvalue weighted by atomic mass is 32.2. The number of ether oxygens (including phenoxy) is 1. The summed E-state index contributed by atoms with van der Waals surface area (Å²) in [7, 11) is 0. The summed E-state index contributed by atoms with van der Waals surface area (Å²) in [4.78, 5) is 11.3. The fourth-order valence-electron chi connectivity index (χ4n) is 1.75. The molecule has 100 valence electrons. The van der Waals surface area contributed by atoms with Crippen LogP contribution in [0.5, 0.6) is 0 Å². The molecule has 0 bridgehead atoms. The van der Waals surface area contributed by atoms with E-state index in [9.17, 15) is 15.2 Å². The molecule has 0 spiro atoms. The minimum atomic E-state index is -0.655. The van der Waals surface area contributed by atoms with Crippen molar-refractivity contribution >= 4 is 28.8 Å². The van der Waals surface area contributed by atoms with Crippen LogP contribution >= 0.6 is 23.1 Å². The molecule has 0 unspecified atom stereocenters. The van der Waals surface area contributed by atoms with E-state index in [4.69, 9.17) is 4.74 Å². The van der Waals surface area contributed by atoms with Gasteiger partial charge in [-0.15, -0.1) is 23.1 Å². The van der Waals surface area contributed by atoms with Crippen molar-refractivity contribution in [3.05, 3.63) is 21.1 Å². The molecular weight excluding hydrogens is 274 g/mol. The van der Waals surface area contributed by atoms with Crippen LogP contribution in [0.2, 0.25) is 0 Å². The Morgan fingerprint density at radius 3 is 2.83 bits per heavy atom. The predicted octanol–water partition coefficient (Wildman–Crippen LogP) is 2.98. The van der Waals surface area contributed by atoms with Crippen LogP contribution in [0.25, 0.3) is 0 Å². The molecule has 0 aromatic carbocycles.